The van der Waals surface area contributed by atoms with Crippen molar-refractivity contribution in [1.82, 2.24) is 20.1 Å². The molecule has 0 aromatic carbocycles. The Morgan fingerprint density at radius 3 is 2.74 bits per heavy atom. The zero-order valence-electron chi connectivity index (χ0n) is 14.3. The summed E-state index contributed by atoms with van der Waals surface area (Å²) in [5, 5.41) is 11.5. The SMILES string of the molecule is Cc1cc(C)n(C[C@H](C)CNC2CCN(c3nccs3)CC2)n1. The van der Waals surface area contributed by atoms with Crippen molar-refractivity contribution < 1.29 is 0 Å². The molecular formula is C17H27N5S. The summed E-state index contributed by atoms with van der Waals surface area (Å²) < 4.78 is 2.13. The Bertz CT molecular complexity index is 599. The molecule has 1 aliphatic rings. The van der Waals surface area contributed by atoms with Gasteiger partial charge >= 0.3 is 0 Å². The van der Waals surface area contributed by atoms with E-state index in [0.717, 1.165) is 31.9 Å². The first kappa shape index (κ1) is 16.5. The second-order valence-corrected chi connectivity index (χ2v) is 7.57. The van der Waals surface area contributed by atoms with Crippen molar-refractivity contribution in [2.75, 3.05) is 24.5 Å². The molecule has 1 N–H and O–H groups in total. The third kappa shape index (κ3) is 4.32. The average Bonchev–Trinajstić information content (AvgIpc) is 3.16. The molecular weight excluding hydrogens is 306 g/mol. The smallest absolute Gasteiger partial charge is 0.185 e. The van der Waals surface area contributed by atoms with Gasteiger partial charge in [-0.05, 0) is 45.2 Å². The molecule has 2 aromatic heterocycles. The monoisotopic (exact) mass is 333 g/mol. The molecule has 5 nitrogen and oxygen atoms in total. The number of anilines is 1. The van der Waals surface area contributed by atoms with Gasteiger partial charge in [0.1, 0.15) is 0 Å². The van der Waals surface area contributed by atoms with Crippen LogP contribution in [-0.2, 0) is 6.54 Å². The predicted molar refractivity (Wildman–Crippen MR) is 96.2 cm³/mol. The van der Waals surface area contributed by atoms with Crippen molar-refractivity contribution >= 4 is 16.5 Å². The molecule has 1 saturated heterocycles. The quantitative estimate of drug-likeness (QED) is 0.883. The highest BCUT2D eigenvalue weighted by atomic mass is 32.1. The molecule has 0 aliphatic carbocycles. The van der Waals surface area contributed by atoms with E-state index in [1.165, 1.54) is 23.7 Å². The van der Waals surface area contributed by atoms with Crippen LogP contribution in [0, 0.1) is 19.8 Å². The molecule has 0 bridgehead atoms. The Morgan fingerprint density at radius 2 is 2.13 bits per heavy atom. The van der Waals surface area contributed by atoms with Gasteiger partial charge in [0.2, 0.25) is 0 Å². The number of nitrogens with one attached hydrogen (secondary N) is 1. The molecule has 3 heterocycles. The van der Waals surface area contributed by atoms with Crippen LogP contribution in [0.25, 0.3) is 0 Å². The minimum Gasteiger partial charge on any atom is -0.348 e. The lowest BCUT2D eigenvalue weighted by Crippen LogP contribution is -2.44. The maximum Gasteiger partial charge on any atom is 0.185 e. The van der Waals surface area contributed by atoms with Crippen molar-refractivity contribution in [1.29, 1.82) is 0 Å². The first-order chi connectivity index (χ1) is 11.1. The van der Waals surface area contributed by atoms with Gasteiger partial charge in [-0.3, -0.25) is 4.68 Å². The van der Waals surface area contributed by atoms with Crippen LogP contribution in [-0.4, -0.2) is 40.4 Å². The van der Waals surface area contributed by atoms with Crippen LogP contribution in [0.4, 0.5) is 5.13 Å². The Balaban J connectivity index is 1.40. The molecule has 0 unspecified atom stereocenters. The van der Waals surface area contributed by atoms with Gasteiger partial charge < -0.3 is 10.2 Å². The number of thiazole rings is 1. The molecule has 0 spiro atoms. The van der Waals surface area contributed by atoms with Crippen LogP contribution in [0.5, 0.6) is 0 Å². The molecule has 1 fully saturated rings. The van der Waals surface area contributed by atoms with Crippen LogP contribution < -0.4 is 10.2 Å². The molecule has 3 rings (SSSR count). The van der Waals surface area contributed by atoms with Gasteiger partial charge in [0.15, 0.2) is 5.13 Å². The largest absolute Gasteiger partial charge is 0.348 e. The Morgan fingerprint density at radius 1 is 1.35 bits per heavy atom. The lowest BCUT2D eigenvalue weighted by Gasteiger charge is -2.32. The fourth-order valence-corrected chi connectivity index (χ4v) is 3.93. The third-order valence-electron chi connectivity index (χ3n) is 4.53. The minimum absolute atomic E-state index is 0.588. The van der Waals surface area contributed by atoms with Crippen LogP contribution >= 0.6 is 11.3 Å². The first-order valence-electron chi connectivity index (χ1n) is 8.50. The summed E-state index contributed by atoms with van der Waals surface area (Å²) in [6.07, 6.45) is 4.30. The van der Waals surface area contributed by atoms with Crippen molar-refractivity contribution in [3.8, 4) is 0 Å². The van der Waals surface area contributed by atoms with Gasteiger partial charge in [0.25, 0.3) is 0 Å². The van der Waals surface area contributed by atoms with E-state index in [4.69, 9.17) is 0 Å². The van der Waals surface area contributed by atoms with Gasteiger partial charge in [0, 0.05) is 42.9 Å². The summed E-state index contributed by atoms with van der Waals surface area (Å²) in [4.78, 5) is 6.82. The number of hydrogen-bond acceptors (Lipinski definition) is 5. The highest BCUT2D eigenvalue weighted by Crippen LogP contribution is 2.22. The van der Waals surface area contributed by atoms with Crippen molar-refractivity contribution in [3.63, 3.8) is 0 Å². The molecule has 23 heavy (non-hydrogen) atoms. The molecule has 0 radical (unpaired) electrons. The van der Waals surface area contributed by atoms with E-state index in [2.05, 4.69) is 57.2 Å². The number of aromatic nitrogens is 3. The number of hydrogen-bond donors (Lipinski definition) is 1. The Kier molecular flexibility index (Phi) is 5.33. The number of piperidine rings is 1. The van der Waals surface area contributed by atoms with Crippen molar-refractivity contribution in [2.24, 2.45) is 5.92 Å². The molecule has 1 atom stereocenters. The summed E-state index contributed by atoms with van der Waals surface area (Å²) in [6.45, 7) is 10.8. The van der Waals surface area contributed by atoms with Crippen molar-refractivity contribution in [3.05, 3.63) is 29.0 Å². The molecule has 0 amide bonds. The predicted octanol–water partition coefficient (Wildman–Crippen LogP) is 2.85. The molecule has 126 valence electrons. The number of aryl methyl sites for hydroxylation is 2. The average molecular weight is 334 g/mol. The Hall–Kier alpha value is -1.40. The van der Waals surface area contributed by atoms with Gasteiger partial charge in [-0.15, -0.1) is 11.3 Å². The number of rotatable bonds is 6. The van der Waals surface area contributed by atoms with E-state index < -0.39 is 0 Å². The van der Waals surface area contributed by atoms with E-state index in [1.54, 1.807) is 11.3 Å². The second-order valence-electron chi connectivity index (χ2n) is 6.70. The number of nitrogens with zero attached hydrogens (tertiary/aromatic N) is 4. The topological polar surface area (TPSA) is 46.0 Å². The second kappa shape index (κ2) is 7.45. The highest BCUT2D eigenvalue weighted by Gasteiger charge is 2.20. The van der Waals surface area contributed by atoms with Gasteiger partial charge in [-0.2, -0.15) is 5.10 Å². The van der Waals surface area contributed by atoms with Gasteiger partial charge in [-0.25, -0.2) is 4.98 Å². The Labute approximate surface area is 142 Å². The van der Waals surface area contributed by atoms with Crippen molar-refractivity contribution in [2.45, 2.75) is 46.2 Å². The standard InChI is InChI=1S/C17H27N5S/c1-13(12-22-15(3)10-14(2)20-22)11-19-16-4-7-21(8-5-16)17-18-6-9-23-17/h6,9-10,13,16,19H,4-5,7-8,11-12H2,1-3H3/t13-/m1/s1. The highest BCUT2D eigenvalue weighted by molar-refractivity contribution is 7.13. The molecule has 1 aliphatic heterocycles. The van der Waals surface area contributed by atoms with E-state index >= 15 is 0 Å². The summed E-state index contributed by atoms with van der Waals surface area (Å²) in [7, 11) is 0. The summed E-state index contributed by atoms with van der Waals surface area (Å²) in [5.74, 6) is 0.588. The maximum absolute atomic E-state index is 4.56. The minimum atomic E-state index is 0.588. The first-order valence-corrected chi connectivity index (χ1v) is 9.38. The zero-order valence-corrected chi connectivity index (χ0v) is 15.1. The molecule has 6 heteroatoms. The molecule has 0 saturated carbocycles. The van der Waals surface area contributed by atoms with Crippen LogP contribution in [0.1, 0.15) is 31.2 Å². The van der Waals surface area contributed by atoms with E-state index in [1.807, 2.05) is 6.20 Å². The van der Waals surface area contributed by atoms with Crippen LogP contribution in [0.15, 0.2) is 17.6 Å². The van der Waals surface area contributed by atoms with E-state index in [9.17, 15) is 0 Å². The van der Waals surface area contributed by atoms with Crippen LogP contribution in [0.2, 0.25) is 0 Å². The summed E-state index contributed by atoms with van der Waals surface area (Å²) in [6, 6.07) is 2.78. The zero-order chi connectivity index (χ0) is 16.2. The fourth-order valence-electron chi connectivity index (χ4n) is 3.23. The van der Waals surface area contributed by atoms with Gasteiger partial charge in [-0.1, -0.05) is 6.92 Å². The third-order valence-corrected chi connectivity index (χ3v) is 5.36. The summed E-state index contributed by atoms with van der Waals surface area (Å²) in [5.41, 5.74) is 2.36. The molecule has 2 aromatic rings. The van der Waals surface area contributed by atoms with E-state index in [-0.39, 0.29) is 0 Å². The van der Waals surface area contributed by atoms with Gasteiger partial charge in [0.05, 0.1) is 5.69 Å². The lowest BCUT2D eigenvalue weighted by molar-refractivity contribution is 0.355. The van der Waals surface area contributed by atoms with E-state index in [0.29, 0.717) is 12.0 Å². The summed E-state index contributed by atoms with van der Waals surface area (Å²) >= 11 is 1.74. The lowest BCUT2D eigenvalue weighted by atomic mass is 10.0. The van der Waals surface area contributed by atoms with Crippen LogP contribution in [0.3, 0.4) is 0 Å². The normalized spacial score (nSPS) is 17.6. The maximum atomic E-state index is 4.56. The fraction of sp³-hybridized carbons (Fsp3) is 0.647.